The fraction of sp³-hybridized carbons (Fsp3) is 0.250. The number of aromatic nitrogens is 1. The van der Waals surface area contributed by atoms with E-state index in [1.54, 1.807) is 18.3 Å². The number of anilines is 1. The molecule has 0 aliphatic carbocycles. The van der Waals surface area contributed by atoms with Gasteiger partial charge < -0.3 is 16.6 Å². The summed E-state index contributed by atoms with van der Waals surface area (Å²) in [5.41, 5.74) is 11.9. The van der Waals surface area contributed by atoms with E-state index in [0.717, 1.165) is 0 Å². The lowest BCUT2D eigenvalue weighted by molar-refractivity contribution is -0.138. The minimum absolute atomic E-state index is 0.155. The molecule has 1 atom stereocenters. The lowest BCUT2D eigenvalue weighted by Gasteiger charge is -2.07. The SMILES string of the molecule is Nc1cccnc1C[C@H](N)C(=O)O. The van der Waals surface area contributed by atoms with Gasteiger partial charge >= 0.3 is 5.97 Å². The van der Waals surface area contributed by atoms with Crippen LogP contribution < -0.4 is 11.5 Å². The summed E-state index contributed by atoms with van der Waals surface area (Å²) in [6.45, 7) is 0. The number of nitrogen functional groups attached to an aromatic ring is 1. The minimum Gasteiger partial charge on any atom is -0.480 e. The maximum Gasteiger partial charge on any atom is 0.320 e. The number of rotatable bonds is 3. The molecule has 0 saturated carbocycles. The zero-order valence-corrected chi connectivity index (χ0v) is 6.97. The zero-order chi connectivity index (χ0) is 9.84. The highest BCUT2D eigenvalue weighted by Crippen LogP contribution is 2.08. The molecule has 0 radical (unpaired) electrons. The Labute approximate surface area is 75.4 Å². The van der Waals surface area contributed by atoms with Crippen molar-refractivity contribution in [2.24, 2.45) is 5.73 Å². The average Bonchev–Trinajstić information content (AvgIpc) is 2.08. The van der Waals surface area contributed by atoms with Crippen molar-refractivity contribution in [1.29, 1.82) is 0 Å². The van der Waals surface area contributed by atoms with Gasteiger partial charge in [-0.25, -0.2) is 0 Å². The molecule has 1 aromatic rings. The molecule has 0 unspecified atom stereocenters. The molecule has 0 aliphatic heterocycles. The van der Waals surface area contributed by atoms with Crippen molar-refractivity contribution in [3.8, 4) is 0 Å². The van der Waals surface area contributed by atoms with Crippen molar-refractivity contribution in [3.63, 3.8) is 0 Å². The first-order valence-corrected chi connectivity index (χ1v) is 3.79. The Balaban J connectivity index is 2.74. The molecule has 0 aliphatic rings. The molecule has 1 aromatic heterocycles. The van der Waals surface area contributed by atoms with E-state index in [2.05, 4.69) is 4.98 Å². The number of hydrogen-bond donors (Lipinski definition) is 3. The summed E-state index contributed by atoms with van der Waals surface area (Å²) >= 11 is 0. The molecule has 5 N–H and O–H groups in total. The maximum atomic E-state index is 10.4. The topological polar surface area (TPSA) is 102 Å². The van der Waals surface area contributed by atoms with Gasteiger partial charge in [-0.1, -0.05) is 0 Å². The number of pyridine rings is 1. The summed E-state index contributed by atoms with van der Waals surface area (Å²) in [6.07, 6.45) is 1.71. The normalized spacial score (nSPS) is 12.4. The first-order valence-electron chi connectivity index (χ1n) is 3.79. The predicted molar refractivity (Wildman–Crippen MR) is 48.0 cm³/mol. The number of nitrogens with zero attached hydrogens (tertiary/aromatic N) is 1. The summed E-state index contributed by atoms with van der Waals surface area (Å²) in [7, 11) is 0. The third-order valence-corrected chi connectivity index (χ3v) is 1.66. The van der Waals surface area contributed by atoms with E-state index in [1.807, 2.05) is 0 Å². The van der Waals surface area contributed by atoms with E-state index in [1.165, 1.54) is 0 Å². The Morgan fingerprint density at radius 2 is 2.38 bits per heavy atom. The van der Waals surface area contributed by atoms with Crippen molar-refractivity contribution in [1.82, 2.24) is 4.98 Å². The first-order chi connectivity index (χ1) is 6.11. The van der Waals surface area contributed by atoms with Crippen LogP contribution in [0.1, 0.15) is 5.69 Å². The number of carbonyl (C=O) groups is 1. The van der Waals surface area contributed by atoms with E-state index in [-0.39, 0.29) is 6.42 Å². The lowest BCUT2D eigenvalue weighted by atomic mass is 10.1. The summed E-state index contributed by atoms with van der Waals surface area (Å²) in [6, 6.07) is 2.40. The Kier molecular flexibility index (Phi) is 2.81. The van der Waals surface area contributed by atoms with Crippen LogP contribution in [0.5, 0.6) is 0 Å². The summed E-state index contributed by atoms with van der Waals surface area (Å²) < 4.78 is 0. The molecule has 1 rings (SSSR count). The molecule has 0 spiro atoms. The maximum absolute atomic E-state index is 10.4. The van der Waals surface area contributed by atoms with E-state index < -0.39 is 12.0 Å². The highest BCUT2D eigenvalue weighted by molar-refractivity contribution is 5.73. The number of carboxylic acids is 1. The molecule has 0 amide bonds. The van der Waals surface area contributed by atoms with E-state index in [9.17, 15) is 4.79 Å². The molecule has 5 heteroatoms. The molecule has 5 nitrogen and oxygen atoms in total. The Hall–Kier alpha value is -1.62. The lowest BCUT2D eigenvalue weighted by Crippen LogP contribution is -2.32. The number of carboxylic acid groups (broad SMARTS) is 1. The first kappa shape index (κ1) is 9.47. The second kappa shape index (κ2) is 3.86. The summed E-state index contributed by atoms with van der Waals surface area (Å²) in [5, 5.41) is 8.54. The smallest absolute Gasteiger partial charge is 0.320 e. The van der Waals surface area contributed by atoms with E-state index in [4.69, 9.17) is 16.6 Å². The zero-order valence-electron chi connectivity index (χ0n) is 6.97. The van der Waals surface area contributed by atoms with Gasteiger partial charge in [0.1, 0.15) is 6.04 Å². The summed E-state index contributed by atoms with van der Waals surface area (Å²) in [5.74, 6) is -1.05. The van der Waals surface area contributed by atoms with Crippen LogP contribution in [-0.4, -0.2) is 22.1 Å². The van der Waals surface area contributed by atoms with E-state index >= 15 is 0 Å². The van der Waals surface area contributed by atoms with Gasteiger partial charge in [0.25, 0.3) is 0 Å². The van der Waals surface area contributed by atoms with Gasteiger partial charge in [0.15, 0.2) is 0 Å². The van der Waals surface area contributed by atoms with E-state index in [0.29, 0.717) is 11.4 Å². The molecular formula is C8H11N3O2. The van der Waals surface area contributed by atoms with Gasteiger partial charge in [0, 0.05) is 12.6 Å². The molecule has 1 heterocycles. The highest BCUT2D eigenvalue weighted by atomic mass is 16.4. The van der Waals surface area contributed by atoms with Crippen LogP contribution in [0.15, 0.2) is 18.3 Å². The third-order valence-electron chi connectivity index (χ3n) is 1.66. The predicted octanol–water partition coefficient (Wildman–Crippen LogP) is -0.382. The van der Waals surface area contributed by atoms with Crippen LogP contribution in [-0.2, 0) is 11.2 Å². The standard InChI is InChI=1S/C8H11N3O2/c9-5-2-1-3-11-7(5)4-6(10)8(12)13/h1-3,6H,4,9-10H2,(H,12,13)/t6-/m0/s1. The number of aliphatic carboxylic acids is 1. The van der Waals surface area contributed by atoms with Crippen molar-refractivity contribution in [2.75, 3.05) is 5.73 Å². The van der Waals surface area contributed by atoms with Gasteiger partial charge in [0.2, 0.25) is 0 Å². The van der Waals surface area contributed by atoms with Crippen molar-refractivity contribution in [2.45, 2.75) is 12.5 Å². The van der Waals surface area contributed by atoms with Crippen LogP contribution in [0.2, 0.25) is 0 Å². The minimum atomic E-state index is -1.05. The summed E-state index contributed by atoms with van der Waals surface area (Å²) in [4.78, 5) is 14.4. The second-order valence-corrected chi connectivity index (χ2v) is 2.69. The average molecular weight is 181 g/mol. The molecule has 0 fully saturated rings. The number of nitrogens with two attached hydrogens (primary N) is 2. The van der Waals surface area contributed by atoms with Gasteiger partial charge in [0.05, 0.1) is 11.4 Å². The molecule has 0 saturated heterocycles. The highest BCUT2D eigenvalue weighted by Gasteiger charge is 2.13. The van der Waals surface area contributed by atoms with Crippen LogP contribution in [0.4, 0.5) is 5.69 Å². The molecule has 0 bridgehead atoms. The van der Waals surface area contributed by atoms with Gasteiger partial charge in [-0.2, -0.15) is 0 Å². The Morgan fingerprint density at radius 1 is 1.69 bits per heavy atom. The quantitative estimate of drug-likeness (QED) is 0.589. The fourth-order valence-electron chi connectivity index (χ4n) is 0.917. The van der Waals surface area contributed by atoms with Crippen LogP contribution >= 0.6 is 0 Å². The van der Waals surface area contributed by atoms with Crippen molar-refractivity contribution in [3.05, 3.63) is 24.0 Å². The Morgan fingerprint density at radius 3 is 2.92 bits per heavy atom. The second-order valence-electron chi connectivity index (χ2n) is 2.69. The van der Waals surface area contributed by atoms with Crippen molar-refractivity contribution >= 4 is 11.7 Å². The number of hydrogen-bond acceptors (Lipinski definition) is 4. The fourth-order valence-corrected chi connectivity index (χ4v) is 0.917. The largest absolute Gasteiger partial charge is 0.480 e. The molecular weight excluding hydrogens is 170 g/mol. The van der Waals surface area contributed by atoms with Gasteiger partial charge in [-0.3, -0.25) is 9.78 Å². The Bertz CT molecular complexity index is 314. The molecule has 13 heavy (non-hydrogen) atoms. The molecule has 70 valence electrons. The third kappa shape index (κ3) is 2.41. The van der Waals surface area contributed by atoms with Crippen LogP contribution in [0.25, 0.3) is 0 Å². The van der Waals surface area contributed by atoms with Crippen LogP contribution in [0, 0.1) is 0 Å². The van der Waals surface area contributed by atoms with Crippen molar-refractivity contribution < 1.29 is 9.90 Å². The van der Waals surface area contributed by atoms with Gasteiger partial charge in [-0.05, 0) is 12.1 Å². The van der Waals surface area contributed by atoms with Crippen LogP contribution in [0.3, 0.4) is 0 Å². The molecule has 0 aromatic carbocycles. The van der Waals surface area contributed by atoms with Gasteiger partial charge in [-0.15, -0.1) is 0 Å². The monoisotopic (exact) mass is 181 g/mol.